The van der Waals surface area contributed by atoms with Crippen molar-refractivity contribution in [1.29, 1.82) is 0 Å². The molecule has 0 bridgehead atoms. The quantitative estimate of drug-likeness (QED) is 0.586. The Bertz CT molecular complexity index is 179. The zero-order valence-corrected chi connectivity index (χ0v) is 5.07. The van der Waals surface area contributed by atoms with Gasteiger partial charge in [0, 0.05) is 12.4 Å². The number of hydrogen-bond acceptors (Lipinski definition) is 1. The van der Waals surface area contributed by atoms with Crippen LogP contribution in [-0.2, 0) is 0 Å². The summed E-state index contributed by atoms with van der Waals surface area (Å²) in [5.74, 6) is 0. The van der Waals surface area contributed by atoms with Crippen LogP contribution in [0.25, 0.3) is 0 Å². The Morgan fingerprint density at radius 2 is 2.00 bits per heavy atom. The standard InChI is InChI=1S/C7H9NO/c1-2-7(9)8-5-3-4-6-8/h2-7,9H,1H2. The maximum atomic E-state index is 9.06. The number of aliphatic hydroxyl groups excluding tert-OH is 1. The number of nitrogens with zero attached hydrogens (tertiary/aromatic N) is 1. The minimum atomic E-state index is -0.583. The van der Waals surface area contributed by atoms with Crippen molar-refractivity contribution in [3.8, 4) is 0 Å². The Hall–Kier alpha value is -1.02. The SMILES string of the molecule is C=CC(O)n1cccc1. The average Bonchev–Trinajstić information content (AvgIpc) is 2.37. The lowest BCUT2D eigenvalue weighted by Gasteiger charge is -2.04. The number of rotatable bonds is 2. The lowest BCUT2D eigenvalue weighted by atomic mass is 10.5. The third-order valence-corrected chi connectivity index (χ3v) is 1.14. The van der Waals surface area contributed by atoms with Gasteiger partial charge in [0.05, 0.1) is 0 Å². The highest BCUT2D eigenvalue weighted by Crippen LogP contribution is 2.01. The second-order valence-electron chi connectivity index (χ2n) is 1.78. The second-order valence-corrected chi connectivity index (χ2v) is 1.78. The Kier molecular flexibility index (Phi) is 1.70. The molecule has 1 atom stereocenters. The first-order valence-corrected chi connectivity index (χ1v) is 2.77. The lowest BCUT2D eigenvalue weighted by molar-refractivity contribution is 0.155. The van der Waals surface area contributed by atoms with Crippen LogP contribution >= 0.6 is 0 Å². The maximum Gasteiger partial charge on any atom is 0.149 e. The van der Waals surface area contributed by atoms with Gasteiger partial charge in [0.1, 0.15) is 6.23 Å². The van der Waals surface area contributed by atoms with Crippen molar-refractivity contribution >= 4 is 0 Å². The number of hydrogen-bond donors (Lipinski definition) is 1. The molecular formula is C7H9NO. The molecule has 0 aliphatic heterocycles. The average molecular weight is 123 g/mol. The molecule has 0 spiro atoms. The molecule has 0 aliphatic rings. The van der Waals surface area contributed by atoms with Crippen molar-refractivity contribution in [2.75, 3.05) is 0 Å². The zero-order valence-electron chi connectivity index (χ0n) is 5.07. The summed E-state index contributed by atoms with van der Waals surface area (Å²) >= 11 is 0. The third-order valence-electron chi connectivity index (χ3n) is 1.14. The highest BCUT2D eigenvalue weighted by Gasteiger charge is 1.94. The molecule has 1 rings (SSSR count). The fourth-order valence-corrected chi connectivity index (χ4v) is 0.646. The molecule has 0 saturated carbocycles. The molecule has 48 valence electrons. The smallest absolute Gasteiger partial charge is 0.149 e. The van der Waals surface area contributed by atoms with E-state index in [4.69, 9.17) is 5.11 Å². The van der Waals surface area contributed by atoms with Crippen LogP contribution in [0, 0.1) is 0 Å². The summed E-state index contributed by atoms with van der Waals surface area (Å²) in [5.41, 5.74) is 0. The van der Waals surface area contributed by atoms with Gasteiger partial charge < -0.3 is 9.67 Å². The van der Waals surface area contributed by atoms with Gasteiger partial charge in [-0.25, -0.2) is 0 Å². The lowest BCUT2D eigenvalue weighted by Crippen LogP contribution is -2.00. The molecule has 0 saturated heterocycles. The van der Waals surface area contributed by atoms with Crippen LogP contribution < -0.4 is 0 Å². The Morgan fingerprint density at radius 1 is 1.44 bits per heavy atom. The predicted octanol–water partition coefficient (Wildman–Crippen LogP) is 1.17. The summed E-state index contributed by atoms with van der Waals surface area (Å²) < 4.78 is 1.66. The van der Waals surface area contributed by atoms with Crippen LogP contribution in [0.2, 0.25) is 0 Å². The van der Waals surface area contributed by atoms with E-state index >= 15 is 0 Å². The fourth-order valence-electron chi connectivity index (χ4n) is 0.646. The van der Waals surface area contributed by atoms with E-state index in [2.05, 4.69) is 6.58 Å². The van der Waals surface area contributed by atoms with Crippen LogP contribution in [0.4, 0.5) is 0 Å². The molecule has 0 fully saturated rings. The normalized spacial score (nSPS) is 13.0. The van der Waals surface area contributed by atoms with Crippen molar-refractivity contribution in [3.63, 3.8) is 0 Å². The van der Waals surface area contributed by atoms with Crippen molar-refractivity contribution < 1.29 is 5.11 Å². The van der Waals surface area contributed by atoms with Crippen LogP contribution in [0.5, 0.6) is 0 Å². The van der Waals surface area contributed by atoms with E-state index in [1.165, 1.54) is 6.08 Å². The topological polar surface area (TPSA) is 25.2 Å². The van der Waals surface area contributed by atoms with Crippen molar-refractivity contribution in [3.05, 3.63) is 37.2 Å². The number of aliphatic hydroxyl groups is 1. The molecule has 0 radical (unpaired) electrons. The molecule has 0 aromatic carbocycles. The fraction of sp³-hybridized carbons (Fsp3) is 0.143. The summed E-state index contributed by atoms with van der Waals surface area (Å²) in [7, 11) is 0. The van der Waals surface area contributed by atoms with Gasteiger partial charge in [-0.2, -0.15) is 0 Å². The maximum absolute atomic E-state index is 9.06. The van der Waals surface area contributed by atoms with Gasteiger partial charge in [-0.05, 0) is 18.2 Å². The van der Waals surface area contributed by atoms with E-state index in [0.717, 1.165) is 0 Å². The van der Waals surface area contributed by atoms with Gasteiger partial charge in [0.25, 0.3) is 0 Å². The molecule has 0 aliphatic carbocycles. The Labute approximate surface area is 54.0 Å². The van der Waals surface area contributed by atoms with E-state index in [-0.39, 0.29) is 0 Å². The molecule has 1 unspecified atom stereocenters. The van der Waals surface area contributed by atoms with E-state index in [9.17, 15) is 0 Å². The van der Waals surface area contributed by atoms with Crippen molar-refractivity contribution in [1.82, 2.24) is 4.57 Å². The van der Waals surface area contributed by atoms with Gasteiger partial charge in [-0.1, -0.05) is 6.58 Å². The van der Waals surface area contributed by atoms with Crippen LogP contribution in [-0.4, -0.2) is 9.67 Å². The Morgan fingerprint density at radius 3 is 2.44 bits per heavy atom. The molecule has 1 aromatic rings. The summed E-state index contributed by atoms with van der Waals surface area (Å²) in [4.78, 5) is 0. The zero-order chi connectivity index (χ0) is 6.69. The van der Waals surface area contributed by atoms with Crippen LogP contribution in [0.15, 0.2) is 37.2 Å². The second kappa shape index (κ2) is 2.51. The van der Waals surface area contributed by atoms with Crippen LogP contribution in [0.1, 0.15) is 6.23 Å². The van der Waals surface area contributed by atoms with E-state index in [1.54, 1.807) is 17.0 Å². The predicted molar refractivity (Wildman–Crippen MR) is 35.9 cm³/mol. The van der Waals surface area contributed by atoms with Gasteiger partial charge in [-0.3, -0.25) is 0 Å². The Balaban J connectivity index is 2.76. The molecular weight excluding hydrogens is 114 g/mol. The molecule has 0 amide bonds. The highest BCUT2D eigenvalue weighted by molar-refractivity contribution is 4.94. The first-order chi connectivity index (χ1) is 4.34. The summed E-state index contributed by atoms with van der Waals surface area (Å²) in [5, 5.41) is 9.06. The van der Waals surface area contributed by atoms with Crippen molar-refractivity contribution in [2.45, 2.75) is 6.23 Å². The molecule has 9 heavy (non-hydrogen) atoms. The van der Waals surface area contributed by atoms with E-state index in [1.807, 2.05) is 12.1 Å². The molecule has 1 aromatic heterocycles. The summed E-state index contributed by atoms with van der Waals surface area (Å²) in [6.07, 6.45) is 4.46. The summed E-state index contributed by atoms with van der Waals surface area (Å²) in [6.45, 7) is 3.45. The van der Waals surface area contributed by atoms with Gasteiger partial charge >= 0.3 is 0 Å². The van der Waals surface area contributed by atoms with E-state index < -0.39 is 6.23 Å². The monoisotopic (exact) mass is 123 g/mol. The third kappa shape index (κ3) is 1.21. The van der Waals surface area contributed by atoms with Crippen LogP contribution in [0.3, 0.4) is 0 Å². The van der Waals surface area contributed by atoms with Crippen molar-refractivity contribution in [2.24, 2.45) is 0 Å². The van der Waals surface area contributed by atoms with Gasteiger partial charge in [0.15, 0.2) is 0 Å². The first-order valence-electron chi connectivity index (χ1n) is 2.77. The summed E-state index contributed by atoms with van der Waals surface area (Å²) in [6, 6.07) is 3.71. The minimum Gasteiger partial charge on any atom is -0.370 e. The van der Waals surface area contributed by atoms with Gasteiger partial charge in [-0.15, -0.1) is 0 Å². The minimum absolute atomic E-state index is 0.583. The largest absolute Gasteiger partial charge is 0.370 e. The number of aromatic nitrogens is 1. The van der Waals surface area contributed by atoms with E-state index in [0.29, 0.717) is 0 Å². The van der Waals surface area contributed by atoms with Gasteiger partial charge in [0.2, 0.25) is 0 Å². The molecule has 2 heteroatoms. The first kappa shape index (κ1) is 6.11. The molecule has 2 nitrogen and oxygen atoms in total. The highest BCUT2D eigenvalue weighted by atomic mass is 16.3. The molecule has 1 heterocycles. The molecule has 1 N–H and O–H groups in total.